The molecule has 0 saturated carbocycles. The molecule has 0 rings (SSSR count). The Balaban J connectivity index is 3.05. The molecule has 0 heterocycles. The van der Waals surface area contributed by atoms with E-state index in [1.807, 2.05) is 0 Å². The number of esters is 1. The standard InChI is InChI=1S/C11H23O5P/c1-2-3-5-13-7-8-14-9-10-15-11(12)4-6-16-17/h2-10,17H2,1H3. The molecule has 0 fully saturated rings. The number of rotatable bonds is 12. The minimum absolute atomic E-state index is 0.267. The van der Waals surface area contributed by atoms with Crippen LogP contribution in [0.5, 0.6) is 0 Å². The van der Waals surface area contributed by atoms with Gasteiger partial charge >= 0.3 is 5.97 Å². The van der Waals surface area contributed by atoms with Gasteiger partial charge in [-0.2, -0.15) is 0 Å². The van der Waals surface area contributed by atoms with Crippen molar-refractivity contribution in [2.45, 2.75) is 26.2 Å². The van der Waals surface area contributed by atoms with Crippen LogP contribution in [0.3, 0.4) is 0 Å². The first-order chi connectivity index (χ1) is 8.31. The van der Waals surface area contributed by atoms with E-state index in [2.05, 4.69) is 20.9 Å². The van der Waals surface area contributed by atoms with E-state index in [4.69, 9.17) is 14.2 Å². The fourth-order valence-corrected chi connectivity index (χ4v) is 1.12. The molecule has 0 aromatic heterocycles. The molecule has 0 spiro atoms. The van der Waals surface area contributed by atoms with Crippen molar-refractivity contribution in [3.63, 3.8) is 0 Å². The molecule has 6 heteroatoms. The highest BCUT2D eigenvalue weighted by Gasteiger charge is 2.01. The van der Waals surface area contributed by atoms with Gasteiger partial charge < -0.3 is 18.7 Å². The smallest absolute Gasteiger partial charge is 0.308 e. The van der Waals surface area contributed by atoms with Crippen LogP contribution >= 0.6 is 9.47 Å². The topological polar surface area (TPSA) is 54.0 Å². The van der Waals surface area contributed by atoms with Crippen molar-refractivity contribution in [1.29, 1.82) is 0 Å². The summed E-state index contributed by atoms with van der Waals surface area (Å²) in [5.41, 5.74) is 0. The lowest BCUT2D eigenvalue weighted by atomic mass is 10.4. The second-order valence-corrected chi connectivity index (χ2v) is 3.75. The van der Waals surface area contributed by atoms with Crippen LogP contribution in [-0.4, -0.2) is 45.6 Å². The van der Waals surface area contributed by atoms with E-state index in [9.17, 15) is 4.79 Å². The lowest BCUT2D eigenvalue weighted by Crippen LogP contribution is -2.13. The largest absolute Gasteiger partial charge is 0.463 e. The zero-order chi connectivity index (χ0) is 12.8. The van der Waals surface area contributed by atoms with E-state index >= 15 is 0 Å². The van der Waals surface area contributed by atoms with Crippen LogP contribution in [0.2, 0.25) is 0 Å². The molecule has 1 atom stereocenters. The third kappa shape index (κ3) is 13.7. The van der Waals surface area contributed by atoms with Crippen LogP contribution in [0.25, 0.3) is 0 Å². The Hall–Kier alpha value is -0.220. The van der Waals surface area contributed by atoms with Gasteiger partial charge in [0.05, 0.1) is 32.8 Å². The summed E-state index contributed by atoms with van der Waals surface area (Å²) < 4.78 is 20.1. The molecular formula is C11H23O5P. The molecule has 0 aliphatic carbocycles. The van der Waals surface area contributed by atoms with Crippen LogP contribution in [0, 0.1) is 0 Å². The van der Waals surface area contributed by atoms with E-state index in [1.54, 1.807) is 0 Å². The third-order valence-corrected chi connectivity index (χ3v) is 2.16. The summed E-state index contributed by atoms with van der Waals surface area (Å²) in [6.07, 6.45) is 2.48. The molecule has 0 amide bonds. The zero-order valence-corrected chi connectivity index (χ0v) is 11.6. The van der Waals surface area contributed by atoms with E-state index in [-0.39, 0.29) is 19.0 Å². The van der Waals surface area contributed by atoms with Gasteiger partial charge in [0.25, 0.3) is 0 Å². The first-order valence-electron chi connectivity index (χ1n) is 5.94. The summed E-state index contributed by atoms with van der Waals surface area (Å²) in [5, 5.41) is 0. The average Bonchev–Trinajstić information content (AvgIpc) is 2.34. The summed E-state index contributed by atoms with van der Waals surface area (Å²) in [6.45, 7) is 5.08. The van der Waals surface area contributed by atoms with Crippen molar-refractivity contribution in [3.05, 3.63) is 0 Å². The fraction of sp³-hybridized carbons (Fsp3) is 0.909. The third-order valence-electron chi connectivity index (χ3n) is 1.93. The number of ether oxygens (including phenoxy) is 3. The van der Waals surface area contributed by atoms with Gasteiger partial charge in [-0.25, -0.2) is 0 Å². The number of hydrogen-bond donors (Lipinski definition) is 0. The van der Waals surface area contributed by atoms with Crippen LogP contribution in [0.4, 0.5) is 0 Å². The molecule has 5 nitrogen and oxygen atoms in total. The average molecular weight is 266 g/mol. The molecule has 0 aromatic rings. The molecule has 0 bridgehead atoms. The number of carbonyl (C=O) groups is 1. The molecule has 0 N–H and O–H groups in total. The van der Waals surface area contributed by atoms with Gasteiger partial charge in [-0.15, -0.1) is 0 Å². The van der Waals surface area contributed by atoms with Gasteiger partial charge in [-0.3, -0.25) is 4.79 Å². The molecule has 0 aromatic carbocycles. The molecule has 0 radical (unpaired) electrons. The molecule has 102 valence electrons. The second-order valence-electron chi connectivity index (χ2n) is 3.42. The molecule has 17 heavy (non-hydrogen) atoms. The van der Waals surface area contributed by atoms with Crippen molar-refractivity contribution >= 4 is 15.4 Å². The van der Waals surface area contributed by atoms with Crippen LogP contribution < -0.4 is 0 Å². The Morgan fingerprint density at radius 1 is 1.00 bits per heavy atom. The number of carbonyl (C=O) groups excluding carboxylic acids is 1. The van der Waals surface area contributed by atoms with Gasteiger partial charge in [-0.1, -0.05) is 13.3 Å². The quantitative estimate of drug-likeness (QED) is 0.305. The van der Waals surface area contributed by atoms with Crippen LogP contribution in [-0.2, 0) is 23.5 Å². The Labute approximate surface area is 105 Å². The van der Waals surface area contributed by atoms with E-state index in [1.165, 1.54) is 0 Å². The lowest BCUT2D eigenvalue weighted by Gasteiger charge is -2.06. The van der Waals surface area contributed by atoms with Crippen LogP contribution in [0.1, 0.15) is 26.2 Å². The Morgan fingerprint density at radius 3 is 2.29 bits per heavy atom. The monoisotopic (exact) mass is 266 g/mol. The van der Waals surface area contributed by atoms with Gasteiger partial charge in [0.1, 0.15) is 6.61 Å². The maximum Gasteiger partial charge on any atom is 0.308 e. The fourth-order valence-electron chi connectivity index (χ4n) is 0.997. The summed E-state index contributed by atoms with van der Waals surface area (Å²) in [7, 11) is 2.09. The SMILES string of the molecule is CCCCOCCOCCOC(=O)CCOP. The minimum atomic E-state index is -0.268. The first-order valence-corrected chi connectivity index (χ1v) is 6.41. The maximum absolute atomic E-state index is 11.0. The highest BCUT2D eigenvalue weighted by atomic mass is 31.0. The second kappa shape index (κ2) is 13.8. The van der Waals surface area contributed by atoms with E-state index in [0.29, 0.717) is 26.4 Å². The molecule has 0 aliphatic rings. The minimum Gasteiger partial charge on any atom is -0.463 e. The van der Waals surface area contributed by atoms with E-state index in [0.717, 1.165) is 19.4 Å². The van der Waals surface area contributed by atoms with Gasteiger partial charge in [-0.05, 0) is 6.42 Å². The Kier molecular flexibility index (Phi) is 13.7. The molecule has 0 saturated heterocycles. The van der Waals surface area contributed by atoms with Crippen molar-refractivity contribution < 1.29 is 23.5 Å². The summed E-state index contributed by atoms with van der Waals surface area (Å²) in [4.78, 5) is 11.0. The van der Waals surface area contributed by atoms with Gasteiger partial charge in [0.2, 0.25) is 0 Å². The predicted molar refractivity (Wildman–Crippen MR) is 67.8 cm³/mol. The molecular weight excluding hydrogens is 243 g/mol. The molecule has 1 unspecified atom stereocenters. The van der Waals surface area contributed by atoms with Crippen molar-refractivity contribution in [2.75, 3.05) is 39.6 Å². The highest BCUT2D eigenvalue weighted by Crippen LogP contribution is 1.92. The number of unbranched alkanes of at least 4 members (excludes halogenated alkanes) is 1. The number of hydrogen-bond acceptors (Lipinski definition) is 5. The van der Waals surface area contributed by atoms with E-state index < -0.39 is 0 Å². The lowest BCUT2D eigenvalue weighted by molar-refractivity contribution is -0.145. The predicted octanol–water partition coefficient (Wildman–Crippen LogP) is 1.56. The zero-order valence-electron chi connectivity index (χ0n) is 10.5. The summed E-state index contributed by atoms with van der Waals surface area (Å²) >= 11 is 0. The van der Waals surface area contributed by atoms with Gasteiger partial charge in [0, 0.05) is 16.1 Å². The first kappa shape index (κ1) is 16.8. The highest BCUT2D eigenvalue weighted by molar-refractivity contribution is 7.09. The summed E-state index contributed by atoms with van der Waals surface area (Å²) in [5.74, 6) is -0.268. The Morgan fingerprint density at radius 2 is 1.65 bits per heavy atom. The van der Waals surface area contributed by atoms with Gasteiger partial charge in [0.15, 0.2) is 0 Å². The maximum atomic E-state index is 11.0. The van der Waals surface area contributed by atoms with Crippen molar-refractivity contribution in [3.8, 4) is 0 Å². The van der Waals surface area contributed by atoms with Crippen molar-refractivity contribution in [1.82, 2.24) is 0 Å². The summed E-state index contributed by atoms with van der Waals surface area (Å²) in [6, 6.07) is 0. The molecule has 0 aliphatic heterocycles. The van der Waals surface area contributed by atoms with Crippen molar-refractivity contribution in [2.24, 2.45) is 0 Å². The normalized spacial score (nSPS) is 10.5. The Bertz CT molecular complexity index is 177. The van der Waals surface area contributed by atoms with Crippen LogP contribution in [0.15, 0.2) is 0 Å².